The first-order valence-corrected chi connectivity index (χ1v) is 6.50. The minimum Gasteiger partial charge on any atom is -0.306 e. The van der Waals surface area contributed by atoms with Crippen LogP contribution in [0.25, 0.3) is 11.0 Å². The fourth-order valence-corrected chi connectivity index (χ4v) is 2.67. The molecule has 0 fully saturated rings. The van der Waals surface area contributed by atoms with E-state index in [0.717, 1.165) is 0 Å². The summed E-state index contributed by atoms with van der Waals surface area (Å²) in [6, 6.07) is 6.12. The fourth-order valence-electron chi connectivity index (χ4n) is 1.50. The highest BCUT2D eigenvalue weighted by molar-refractivity contribution is 7.91. The zero-order valence-electron chi connectivity index (χ0n) is 8.73. The number of hydrogen-bond donors (Lipinski definition) is 2. The van der Waals surface area contributed by atoms with Crippen molar-refractivity contribution in [1.82, 2.24) is 9.97 Å². The number of fused-ring (bicyclic) bond motifs is 1. The molecule has 2 aromatic rings. The summed E-state index contributed by atoms with van der Waals surface area (Å²) in [5, 5.41) is 8.38. The maximum Gasteiger partial charge on any atom is 0.323 e. The molecule has 0 spiro atoms. The summed E-state index contributed by atoms with van der Waals surface area (Å²) >= 11 is 0. The molecular formula is C10H9N3O3S. The summed E-state index contributed by atoms with van der Waals surface area (Å²) < 4.78 is 23.6. The lowest BCUT2D eigenvalue weighted by atomic mass is 10.3. The van der Waals surface area contributed by atoms with Gasteiger partial charge in [-0.25, -0.2) is 13.2 Å². The van der Waals surface area contributed by atoms with Crippen molar-refractivity contribution in [3.8, 4) is 6.07 Å². The Morgan fingerprint density at radius 3 is 2.65 bits per heavy atom. The van der Waals surface area contributed by atoms with Gasteiger partial charge < -0.3 is 9.97 Å². The van der Waals surface area contributed by atoms with Gasteiger partial charge in [-0.1, -0.05) is 0 Å². The van der Waals surface area contributed by atoms with Crippen LogP contribution in [0.1, 0.15) is 6.42 Å². The van der Waals surface area contributed by atoms with E-state index in [1.807, 2.05) is 0 Å². The molecule has 7 heteroatoms. The number of H-pyrrole nitrogens is 2. The minimum atomic E-state index is -3.46. The molecule has 0 aliphatic carbocycles. The summed E-state index contributed by atoms with van der Waals surface area (Å²) in [4.78, 5) is 16.1. The van der Waals surface area contributed by atoms with Crippen molar-refractivity contribution in [2.24, 2.45) is 0 Å². The van der Waals surface area contributed by atoms with Crippen LogP contribution in [0.15, 0.2) is 27.9 Å². The van der Waals surface area contributed by atoms with Crippen molar-refractivity contribution < 1.29 is 8.42 Å². The van der Waals surface area contributed by atoms with E-state index in [2.05, 4.69) is 9.97 Å². The number of nitriles is 1. The third-order valence-corrected chi connectivity index (χ3v) is 4.04. The molecule has 0 aliphatic heterocycles. The van der Waals surface area contributed by atoms with E-state index in [9.17, 15) is 13.2 Å². The van der Waals surface area contributed by atoms with E-state index in [1.54, 1.807) is 6.07 Å². The Labute approximate surface area is 96.8 Å². The van der Waals surface area contributed by atoms with E-state index in [-0.39, 0.29) is 22.8 Å². The van der Waals surface area contributed by atoms with E-state index in [4.69, 9.17) is 5.26 Å². The van der Waals surface area contributed by atoms with Gasteiger partial charge in [0.05, 0.1) is 27.8 Å². The fraction of sp³-hybridized carbons (Fsp3) is 0.200. The molecule has 1 heterocycles. The quantitative estimate of drug-likeness (QED) is 0.830. The topological polar surface area (TPSA) is 107 Å². The monoisotopic (exact) mass is 251 g/mol. The Morgan fingerprint density at radius 2 is 1.94 bits per heavy atom. The van der Waals surface area contributed by atoms with Gasteiger partial charge in [0, 0.05) is 6.42 Å². The normalized spacial score (nSPS) is 11.5. The van der Waals surface area contributed by atoms with Crippen molar-refractivity contribution in [3.05, 3.63) is 28.7 Å². The first-order valence-electron chi connectivity index (χ1n) is 4.85. The van der Waals surface area contributed by atoms with Crippen LogP contribution in [0, 0.1) is 11.3 Å². The molecule has 0 bridgehead atoms. The largest absolute Gasteiger partial charge is 0.323 e. The summed E-state index contributed by atoms with van der Waals surface area (Å²) in [6.07, 6.45) is -0.0516. The van der Waals surface area contributed by atoms with Gasteiger partial charge in [-0.15, -0.1) is 0 Å². The molecule has 0 radical (unpaired) electrons. The van der Waals surface area contributed by atoms with Crippen LogP contribution in [0.3, 0.4) is 0 Å². The van der Waals surface area contributed by atoms with Crippen LogP contribution in [0.4, 0.5) is 0 Å². The molecule has 6 nitrogen and oxygen atoms in total. The maximum atomic E-state index is 11.8. The molecule has 1 aromatic heterocycles. The zero-order chi connectivity index (χ0) is 12.5. The van der Waals surface area contributed by atoms with Crippen LogP contribution < -0.4 is 5.69 Å². The van der Waals surface area contributed by atoms with E-state index >= 15 is 0 Å². The van der Waals surface area contributed by atoms with Gasteiger partial charge in [0.25, 0.3) is 0 Å². The second-order valence-electron chi connectivity index (χ2n) is 3.51. The molecule has 1 aromatic carbocycles. The lowest BCUT2D eigenvalue weighted by molar-refractivity contribution is 0.596. The molecule has 0 amide bonds. The van der Waals surface area contributed by atoms with Gasteiger partial charge >= 0.3 is 5.69 Å². The molecule has 2 rings (SSSR count). The van der Waals surface area contributed by atoms with Gasteiger partial charge in [-0.2, -0.15) is 5.26 Å². The van der Waals surface area contributed by atoms with Gasteiger partial charge in [0.1, 0.15) is 0 Å². The van der Waals surface area contributed by atoms with E-state index in [1.165, 1.54) is 18.2 Å². The number of hydrogen-bond acceptors (Lipinski definition) is 4. The van der Waals surface area contributed by atoms with Crippen LogP contribution >= 0.6 is 0 Å². The Hall–Kier alpha value is -2.07. The van der Waals surface area contributed by atoms with Crippen molar-refractivity contribution in [1.29, 1.82) is 5.26 Å². The molecule has 0 saturated carbocycles. The zero-order valence-corrected chi connectivity index (χ0v) is 9.54. The Bertz CT molecular complexity index is 749. The van der Waals surface area contributed by atoms with Gasteiger partial charge in [0.2, 0.25) is 0 Å². The number of aromatic amines is 2. The number of imidazole rings is 1. The predicted molar refractivity (Wildman–Crippen MR) is 61.2 cm³/mol. The lowest BCUT2D eigenvalue weighted by Crippen LogP contribution is -2.06. The first-order chi connectivity index (χ1) is 8.03. The molecule has 0 aliphatic rings. The van der Waals surface area contributed by atoms with Crippen molar-refractivity contribution >= 4 is 20.9 Å². The maximum absolute atomic E-state index is 11.8. The van der Waals surface area contributed by atoms with Crippen LogP contribution in [0.5, 0.6) is 0 Å². The highest BCUT2D eigenvalue weighted by Gasteiger charge is 2.14. The number of benzene rings is 1. The van der Waals surface area contributed by atoms with Gasteiger partial charge in [-0.3, -0.25) is 0 Å². The number of aromatic nitrogens is 2. The molecule has 0 atom stereocenters. The standard InChI is InChI=1S/C10H9N3O3S/c11-4-1-5-17(15,16)7-2-3-8-9(6-7)13-10(14)12-8/h2-3,6H,1,5H2,(H2,12,13,14). The number of sulfone groups is 1. The Morgan fingerprint density at radius 1 is 1.24 bits per heavy atom. The Balaban J connectivity index is 2.49. The molecule has 0 saturated heterocycles. The second-order valence-corrected chi connectivity index (χ2v) is 5.62. The lowest BCUT2D eigenvalue weighted by Gasteiger charge is -2.01. The SMILES string of the molecule is N#CCCS(=O)(=O)c1ccc2[nH]c(=O)[nH]c2c1. The Kier molecular flexibility index (Phi) is 2.73. The molecular weight excluding hydrogens is 242 g/mol. The first kappa shape index (κ1) is 11.4. The third kappa shape index (κ3) is 2.21. The minimum absolute atomic E-state index is 0.0516. The highest BCUT2D eigenvalue weighted by Crippen LogP contribution is 2.16. The summed E-state index contributed by atoms with van der Waals surface area (Å²) in [7, 11) is -3.46. The van der Waals surface area contributed by atoms with Crippen LogP contribution in [-0.4, -0.2) is 24.1 Å². The molecule has 2 N–H and O–H groups in total. The summed E-state index contributed by atoms with van der Waals surface area (Å²) in [6.45, 7) is 0. The third-order valence-electron chi connectivity index (χ3n) is 2.33. The van der Waals surface area contributed by atoms with Crippen molar-refractivity contribution in [2.75, 3.05) is 5.75 Å². The highest BCUT2D eigenvalue weighted by atomic mass is 32.2. The van der Waals surface area contributed by atoms with E-state index in [0.29, 0.717) is 11.0 Å². The molecule has 17 heavy (non-hydrogen) atoms. The smallest absolute Gasteiger partial charge is 0.306 e. The molecule has 0 unspecified atom stereocenters. The average molecular weight is 251 g/mol. The summed E-state index contributed by atoms with van der Waals surface area (Å²) in [5.74, 6) is -0.219. The summed E-state index contributed by atoms with van der Waals surface area (Å²) in [5.41, 5.74) is 0.605. The van der Waals surface area contributed by atoms with Crippen LogP contribution in [-0.2, 0) is 9.84 Å². The van der Waals surface area contributed by atoms with Crippen molar-refractivity contribution in [2.45, 2.75) is 11.3 Å². The number of rotatable bonds is 3. The van der Waals surface area contributed by atoms with Crippen LogP contribution in [0.2, 0.25) is 0 Å². The number of nitrogens with zero attached hydrogens (tertiary/aromatic N) is 1. The van der Waals surface area contributed by atoms with Gasteiger partial charge in [-0.05, 0) is 18.2 Å². The predicted octanol–water partition coefficient (Wildman–Crippen LogP) is 0.544. The molecule has 88 valence electrons. The van der Waals surface area contributed by atoms with Gasteiger partial charge in [0.15, 0.2) is 9.84 Å². The average Bonchev–Trinajstić information content (AvgIpc) is 2.65. The van der Waals surface area contributed by atoms with Crippen molar-refractivity contribution in [3.63, 3.8) is 0 Å². The second kappa shape index (κ2) is 4.07. The van der Waals surface area contributed by atoms with E-state index < -0.39 is 9.84 Å². The number of nitrogens with one attached hydrogen (secondary N) is 2.